The third kappa shape index (κ3) is 4.26. The lowest BCUT2D eigenvalue weighted by Crippen LogP contribution is -2.48. The molecular formula is C18H22FN5O2. The van der Waals surface area contributed by atoms with Gasteiger partial charge in [0.1, 0.15) is 23.8 Å². The highest BCUT2D eigenvalue weighted by Gasteiger charge is 2.22. The Bertz CT molecular complexity index is 756. The quantitative estimate of drug-likeness (QED) is 0.846. The van der Waals surface area contributed by atoms with E-state index in [0.29, 0.717) is 31.3 Å². The van der Waals surface area contributed by atoms with Gasteiger partial charge in [0, 0.05) is 39.9 Å². The van der Waals surface area contributed by atoms with E-state index in [0.717, 1.165) is 12.1 Å². The molecular weight excluding hydrogens is 337 g/mol. The van der Waals surface area contributed by atoms with Crippen molar-refractivity contribution in [3.05, 3.63) is 48.0 Å². The number of methoxy groups -OCH3 is 1. The fourth-order valence-electron chi connectivity index (χ4n) is 2.78. The second-order valence-electron chi connectivity index (χ2n) is 6.16. The molecule has 1 aliphatic rings. The molecule has 7 nitrogen and oxygen atoms in total. The maximum Gasteiger partial charge on any atom is 0.241 e. The first-order chi connectivity index (χ1) is 12.6. The zero-order valence-electron chi connectivity index (χ0n) is 14.9. The van der Waals surface area contributed by atoms with Gasteiger partial charge in [-0.05, 0) is 17.7 Å². The monoisotopic (exact) mass is 359 g/mol. The maximum atomic E-state index is 13.1. The number of piperazine rings is 1. The van der Waals surface area contributed by atoms with Crippen LogP contribution in [0.2, 0.25) is 0 Å². The van der Waals surface area contributed by atoms with Crippen LogP contribution in [0.5, 0.6) is 0 Å². The van der Waals surface area contributed by atoms with E-state index < -0.39 is 0 Å². The van der Waals surface area contributed by atoms with Crippen molar-refractivity contribution in [3.63, 3.8) is 0 Å². The number of carbonyl (C=O) groups excluding carboxylic acids is 1. The summed E-state index contributed by atoms with van der Waals surface area (Å²) in [4.78, 5) is 24.0. The highest BCUT2D eigenvalue weighted by Crippen LogP contribution is 2.20. The third-order valence-corrected chi connectivity index (χ3v) is 4.43. The van der Waals surface area contributed by atoms with E-state index in [1.165, 1.54) is 18.5 Å². The summed E-state index contributed by atoms with van der Waals surface area (Å²) < 4.78 is 18.6. The topological polar surface area (TPSA) is 70.6 Å². The average Bonchev–Trinajstić information content (AvgIpc) is 2.66. The van der Waals surface area contributed by atoms with Crippen molar-refractivity contribution < 1.29 is 13.9 Å². The standard InChI is InChI=1S/C18H22FN5O2/c1-23-7-8-24(11-18(23)25)17-9-16(21-12-22-17)20-10-15(26-2)13-3-5-14(19)6-4-13/h3-6,9,12,15H,7-8,10-11H2,1-2H3,(H,20,21,22). The number of nitrogens with one attached hydrogen (secondary N) is 1. The van der Waals surface area contributed by atoms with Gasteiger partial charge in [0.05, 0.1) is 12.6 Å². The number of carbonyl (C=O) groups is 1. The summed E-state index contributed by atoms with van der Waals surface area (Å²) in [6.07, 6.45) is 1.24. The lowest BCUT2D eigenvalue weighted by atomic mass is 10.1. The zero-order chi connectivity index (χ0) is 18.5. The lowest BCUT2D eigenvalue weighted by Gasteiger charge is -2.32. The molecule has 1 aromatic carbocycles. The Morgan fingerprint density at radius 1 is 1.27 bits per heavy atom. The molecule has 0 bridgehead atoms. The molecule has 0 radical (unpaired) electrons. The number of aromatic nitrogens is 2. The second-order valence-corrected chi connectivity index (χ2v) is 6.16. The molecule has 2 heterocycles. The molecule has 1 aliphatic heterocycles. The minimum atomic E-state index is -0.279. The van der Waals surface area contributed by atoms with Crippen LogP contribution in [0, 0.1) is 5.82 Å². The fourth-order valence-corrected chi connectivity index (χ4v) is 2.78. The lowest BCUT2D eigenvalue weighted by molar-refractivity contribution is -0.129. The number of anilines is 2. The van der Waals surface area contributed by atoms with Gasteiger partial charge in [-0.25, -0.2) is 14.4 Å². The number of halogens is 1. The molecule has 1 atom stereocenters. The summed E-state index contributed by atoms with van der Waals surface area (Å²) in [6.45, 7) is 2.18. The molecule has 2 aromatic rings. The summed E-state index contributed by atoms with van der Waals surface area (Å²) in [7, 11) is 3.41. The van der Waals surface area contributed by atoms with Gasteiger partial charge in [0.25, 0.3) is 0 Å². The van der Waals surface area contributed by atoms with Crippen LogP contribution in [0.15, 0.2) is 36.7 Å². The number of amides is 1. The molecule has 1 amide bonds. The smallest absolute Gasteiger partial charge is 0.241 e. The van der Waals surface area contributed by atoms with Crippen LogP contribution >= 0.6 is 0 Å². The van der Waals surface area contributed by atoms with E-state index in [2.05, 4.69) is 15.3 Å². The summed E-state index contributed by atoms with van der Waals surface area (Å²) in [5, 5.41) is 3.22. The molecule has 1 saturated heterocycles. The number of rotatable bonds is 6. The summed E-state index contributed by atoms with van der Waals surface area (Å²) in [6, 6.07) is 8.04. The molecule has 26 heavy (non-hydrogen) atoms. The number of hydrogen-bond donors (Lipinski definition) is 1. The Morgan fingerprint density at radius 2 is 2.04 bits per heavy atom. The third-order valence-electron chi connectivity index (χ3n) is 4.43. The van der Waals surface area contributed by atoms with Gasteiger partial charge in [0.15, 0.2) is 0 Å². The number of hydrogen-bond acceptors (Lipinski definition) is 6. The number of likely N-dealkylation sites (N-methyl/N-ethyl adjacent to an activating group) is 1. The molecule has 0 aliphatic carbocycles. The Kier molecular flexibility index (Phi) is 5.62. The number of benzene rings is 1. The first-order valence-electron chi connectivity index (χ1n) is 8.40. The molecule has 1 aromatic heterocycles. The Hall–Kier alpha value is -2.74. The van der Waals surface area contributed by atoms with E-state index in [4.69, 9.17) is 4.74 Å². The maximum absolute atomic E-state index is 13.1. The van der Waals surface area contributed by atoms with E-state index >= 15 is 0 Å². The second kappa shape index (κ2) is 8.09. The van der Waals surface area contributed by atoms with Crippen LogP contribution < -0.4 is 10.2 Å². The van der Waals surface area contributed by atoms with Crippen molar-refractivity contribution in [2.24, 2.45) is 0 Å². The van der Waals surface area contributed by atoms with Gasteiger partial charge in [-0.1, -0.05) is 12.1 Å². The van der Waals surface area contributed by atoms with Crippen molar-refractivity contribution >= 4 is 17.5 Å². The van der Waals surface area contributed by atoms with Crippen LogP contribution in [0.3, 0.4) is 0 Å². The van der Waals surface area contributed by atoms with Crippen LogP contribution in [0.4, 0.5) is 16.0 Å². The molecule has 3 rings (SSSR count). The first kappa shape index (κ1) is 18.1. The van der Waals surface area contributed by atoms with Crippen LogP contribution in [0.25, 0.3) is 0 Å². The van der Waals surface area contributed by atoms with Crippen LogP contribution in [-0.4, -0.2) is 61.1 Å². The van der Waals surface area contributed by atoms with E-state index in [1.54, 1.807) is 31.2 Å². The molecule has 138 valence electrons. The van der Waals surface area contributed by atoms with Gasteiger partial charge < -0.3 is 19.9 Å². The van der Waals surface area contributed by atoms with E-state index in [9.17, 15) is 9.18 Å². The summed E-state index contributed by atoms with van der Waals surface area (Å²) >= 11 is 0. The Morgan fingerprint density at radius 3 is 2.73 bits per heavy atom. The molecule has 1 fully saturated rings. The van der Waals surface area contributed by atoms with Crippen LogP contribution in [0.1, 0.15) is 11.7 Å². The molecule has 0 saturated carbocycles. The van der Waals surface area contributed by atoms with Crippen molar-refractivity contribution in [3.8, 4) is 0 Å². The van der Waals surface area contributed by atoms with Crippen molar-refractivity contribution in [1.82, 2.24) is 14.9 Å². The zero-order valence-corrected chi connectivity index (χ0v) is 14.9. The minimum Gasteiger partial charge on any atom is -0.375 e. The largest absolute Gasteiger partial charge is 0.375 e. The molecule has 1 N–H and O–H groups in total. The first-order valence-corrected chi connectivity index (χ1v) is 8.40. The van der Waals surface area contributed by atoms with Gasteiger partial charge in [-0.15, -0.1) is 0 Å². The predicted molar refractivity (Wildman–Crippen MR) is 96.5 cm³/mol. The van der Waals surface area contributed by atoms with Gasteiger partial charge >= 0.3 is 0 Å². The SMILES string of the molecule is COC(CNc1cc(N2CCN(C)C(=O)C2)ncn1)c1ccc(F)cc1. The Labute approximate surface area is 151 Å². The van der Waals surface area contributed by atoms with E-state index in [-0.39, 0.29) is 17.8 Å². The molecule has 0 spiro atoms. The average molecular weight is 359 g/mol. The summed E-state index contributed by atoms with van der Waals surface area (Å²) in [5.74, 6) is 1.14. The Balaban J connectivity index is 1.64. The van der Waals surface area contributed by atoms with E-state index in [1.807, 2.05) is 11.0 Å². The highest BCUT2D eigenvalue weighted by atomic mass is 19.1. The van der Waals surface area contributed by atoms with Crippen LogP contribution in [-0.2, 0) is 9.53 Å². The van der Waals surface area contributed by atoms with Gasteiger partial charge in [0.2, 0.25) is 5.91 Å². The van der Waals surface area contributed by atoms with Crippen molar-refractivity contribution in [2.75, 3.05) is 50.6 Å². The minimum absolute atomic E-state index is 0.0696. The number of nitrogens with zero attached hydrogens (tertiary/aromatic N) is 4. The van der Waals surface area contributed by atoms with Crippen molar-refractivity contribution in [2.45, 2.75) is 6.10 Å². The highest BCUT2D eigenvalue weighted by molar-refractivity contribution is 5.82. The van der Waals surface area contributed by atoms with Crippen molar-refractivity contribution in [1.29, 1.82) is 0 Å². The van der Waals surface area contributed by atoms with Gasteiger partial charge in [-0.2, -0.15) is 0 Å². The normalized spacial score (nSPS) is 15.9. The van der Waals surface area contributed by atoms with Gasteiger partial charge in [-0.3, -0.25) is 4.79 Å². The molecule has 8 heteroatoms. The summed E-state index contributed by atoms with van der Waals surface area (Å²) in [5.41, 5.74) is 0.875. The molecule has 1 unspecified atom stereocenters. The fraction of sp³-hybridized carbons (Fsp3) is 0.389. The number of ether oxygens (including phenoxy) is 1. The predicted octanol–water partition coefficient (Wildman–Crippen LogP) is 1.69.